The van der Waals surface area contributed by atoms with E-state index in [0.29, 0.717) is 0 Å². The summed E-state index contributed by atoms with van der Waals surface area (Å²) >= 11 is 2.19. The van der Waals surface area contributed by atoms with Crippen molar-refractivity contribution in [2.24, 2.45) is 0 Å². The topological polar surface area (TPSA) is 22.1 Å². The van der Waals surface area contributed by atoms with E-state index >= 15 is 0 Å². The van der Waals surface area contributed by atoms with Crippen molar-refractivity contribution in [3.63, 3.8) is 0 Å². The Morgan fingerprint density at radius 3 is 2.00 bits per heavy atom. The van der Waals surface area contributed by atoms with Gasteiger partial charge >= 0.3 is 12.5 Å². The number of hydrogen-bond donors (Lipinski definition) is 0. The number of halogens is 9. The lowest BCUT2D eigenvalue weighted by Gasteiger charge is -2.16. The van der Waals surface area contributed by atoms with Crippen LogP contribution in [0.1, 0.15) is 17.6 Å². The first kappa shape index (κ1) is 15.9. The van der Waals surface area contributed by atoms with Crippen LogP contribution in [0, 0.1) is 0 Å². The van der Waals surface area contributed by atoms with Crippen molar-refractivity contribution in [2.45, 2.75) is 19.0 Å². The summed E-state index contributed by atoms with van der Waals surface area (Å²) in [5.74, 6) is -1.64. The number of alkyl halides is 8. The first-order chi connectivity index (χ1) is 8.43. The minimum absolute atomic E-state index is 0.0307. The average molecular weight is 360 g/mol. The molecule has 1 aromatic heterocycles. The number of ether oxygens (including phenoxy) is 1. The third kappa shape index (κ3) is 3.91. The Morgan fingerprint density at radius 2 is 1.63 bits per heavy atom. The largest absolute Gasteiger partial charge is 0.574 e. The Morgan fingerprint density at radius 1 is 1.11 bits per heavy atom. The van der Waals surface area contributed by atoms with Crippen molar-refractivity contribution in [2.75, 3.05) is 0 Å². The summed E-state index contributed by atoms with van der Waals surface area (Å²) in [6.45, 7) is 0. The molecule has 0 atom stereocenters. The highest BCUT2D eigenvalue weighted by Crippen LogP contribution is 2.43. The summed E-state index contributed by atoms with van der Waals surface area (Å²) in [6.07, 6.45) is -14.1. The predicted molar refractivity (Wildman–Crippen MR) is 48.6 cm³/mol. The van der Waals surface area contributed by atoms with E-state index in [-0.39, 0.29) is 6.20 Å². The minimum Gasteiger partial charge on any atom is -0.387 e. The molecule has 0 bridgehead atoms. The molecule has 0 aliphatic heterocycles. The molecule has 19 heavy (non-hydrogen) atoms. The summed E-state index contributed by atoms with van der Waals surface area (Å²) in [5.41, 5.74) is -3.25. The lowest BCUT2D eigenvalue weighted by Crippen LogP contribution is -2.20. The Balaban J connectivity index is 3.41. The maximum absolute atomic E-state index is 12.5. The van der Waals surface area contributed by atoms with Crippen molar-refractivity contribution in [1.29, 1.82) is 0 Å². The molecule has 1 heterocycles. The van der Waals surface area contributed by atoms with Crippen LogP contribution in [0.15, 0.2) is 10.7 Å². The van der Waals surface area contributed by atoms with Gasteiger partial charge in [-0.05, 0) is 15.9 Å². The molecule has 0 aromatic carbocycles. The molecule has 0 saturated heterocycles. The van der Waals surface area contributed by atoms with Gasteiger partial charge in [0.2, 0.25) is 5.88 Å². The minimum atomic E-state index is -5.35. The Labute approximate surface area is 108 Å². The molecule has 0 aliphatic carbocycles. The number of hydrogen-bond acceptors (Lipinski definition) is 2. The van der Waals surface area contributed by atoms with Gasteiger partial charge in [-0.15, -0.1) is 13.2 Å². The molecular weight excluding hydrogens is 358 g/mol. The fourth-order valence-electron chi connectivity index (χ4n) is 1.07. The second kappa shape index (κ2) is 5.10. The smallest absolute Gasteiger partial charge is 0.387 e. The molecule has 1 rings (SSSR count). The third-order valence-corrected chi connectivity index (χ3v) is 2.60. The Kier molecular flexibility index (Phi) is 4.27. The maximum Gasteiger partial charge on any atom is 0.574 e. The molecule has 0 amide bonds. The summed E-state index contributed by atoms with van der Waals surface area (Å²) < 4.78 is 99.9. The third-order valence-electron chi connectivity index (χ3n) is 1.75. The van der Waals surface area contributed by atoms with E-state index in [0.717, 1.165) is 0 Å². The molecule has 0 unspecified atom stereocenters. The molecule has 0 N–H and O–H groups in total. The summed E-state index contributed by atoms with van der Waals surface area (Å²) in [6, 6.07) is 0. The van der Waals surface area contributed by atoms with Crippen LogP contribution in [0.5, 0.6) is 5.88 Å². The van der Waals surface area contributed by atoms with E-state index in [4.69, 9.17) is 0 Å². The lowest BCUT2D eigenvalue weighted by atomic mass is 10.2. The molecule has 2 nitrogen and oxygen atoms in total. The zero-order valence-electron chi connectivity index (χ0n) is 8.41. The van der Waals surface area contributed by atoms with Gasteiger partial charge in [0.25, 0.3) is 6.43 Å². The van der Waals surface area contributed by atoms with Gasteiger partial charge in [-0.1, -0.05) is 0 Å². The number of pyridine rings is 1. The van der Waals surface area contributed by atoms with Gasteiger partial charge in [-0.3, -0.25) is 0 Å². The van der Waals surface area contributed by atoms with E-state index in [9.17, 15) is 35.1 Å². The molecule has 0 fully saturated rings. The highest BCUT2D eigenvalue weighted by molar-refractivity contribution is 9.10. The monoisotopic (exact) mass is 359 g/mol. The molecular formula is C8H2BrF8NO. The van der Waals surface area contributed by atoms with Gasteiger partial charge in [0, 0.05) is 10.7 Å². The highest BCUT2D eigenvalue weighted by Gasteiger charge is 2.40. The van der Waals surface area contributed by atoms with Crippen molar-refractivity contribution in [1.82, 2.24) is 4.98 Å². The molecule has 0 spiro atoms. The first-order valence-corrected chi connectivity index (χ1v) is 5.02. The number of rotatable bonds is 2. The zero-order valence-corrected chi connectivity index (χ0v) is 10.00. The fourth-order valence-corrected chi connectivity index (χ4v) is 1.74. The Hall–Kier alpha value is -1.13. The van der Waals surface area contributed by atoms with Crippen LogP contribution >= 0.6 is 15.9 Å². The summed E-state index contributed by atoms with van der Waals surface area (Å²) in [5, 5.41) is 0. The van der Waals surface area contributed by atoms with Crippen molar-refractivity contribution in [3.8, 4) is 5.88 Å². The number of nitrogens with zero attached hydrogens (tertiary/aromatic N) is 1. The van der Waals surface area contributed by atoms with Crippen LogP contribution in [-0.4, -0.2) is 11.3 Å². The Bertz CT molecular complexity index is 469. The van der Waals surface area contributed by atoms with Crippen LogP contribution in [0.4, 0.5) is 35.1 Å². The van der Waals surface area contributed by atoms with E-state index in [1.54, 1.807) is 0 Å². The second-order valence-electron chi connectivity index (χ2n) is 3.05. The van der Waals surface area contributed by atoms with Gasteiger partial charge in [0.1, 0.15) is 0 Å². The lowest BCUT2D eigenvalue weighted by molar-refractivity contribution is -0.276. The van der Waals surface area contributed by atoms with Gasteiger partial charge in [0.15, 0.2) is 0 Å². The van der Waals surface area contributed by atoms with E-state index in [2.05, 4.69) is 25.7 Å². The summed E-state index contributed by atoms with van der Waals surface area (Å²) in [4.78, 5) is 2.64. The summed E-state index contributed by atoms with van der Waals surface area (Å²) in [7, 11) is 0. The van der Waals surface area contributed by atoms with Crippen LogP contribution in [0.3, 0.4) is 0 Å². The van der Waals surface area contributed by atoms with Crippen LogP contribution < -0.4 is 4.74 Å². The molecule has 108 valence electrons. The van der Waals surface area contributed by atoms with Gasteiger partial charge in [-0.2, -0.15) is 13.2 Å². The standard InChI is InChI=1S/C8H2BrF8NO/c9-4-2(7(12,13)14)1-18-6(3(4)5(10)11)19-8(15,16)17/h1,5H. The molecule has 11 heteroatoms. The molecule has 0 saturated carbocycles. The predicted octanol–water partition coefficient (Wildman–Crippen LogP) is 4.70. The average Bonchev–Trinajstić information content (AvgIpc) is 2.11. The first-order valence-electron chi connectivity index (χ1n) is 4.23. The fraction of sp³-hybridized carbons (Fsp3) is 0.375. The van der Waals surface area contributed by atoms with Gasteiger partial charge in [-0.25, -0.2) is 13.8 Å². The quantitative estimate of drug-likeness (QED) is 0.714. The van der Waals surface area contributed by atoms with E-state index in [1.165, 1.54) is 0 Å². The molecule has 1 aromatic rings. The van der Waals surface area contributed by atoms with E-state index in [1.807, 2.05) is 0 Å². The van der Waals surface area contributed by atoms with Crippen LogP contribution in [-0.2, 0) is 6.18 Å². The van der Waals surface area contributed by atoms with E-state index < -0.39 is 40.4 Å². The molecule has 0 radical (unpaired) electrons. The second-order valence-corrected chi connectivity index (χ2v) is 3.84. The van der Waals surface area contributed by atoms with Crippen LogP contribution in [0.2, 0.25) is 0 Å². The van der Waals surface area contributed by atoms with Gasteiger partial charge < -0.3 is 4.74 Å². The van der Waals surface area contributed by atoms with Crippen molar-refractivity contribution < 1.29 is 39.9 Å². The van der Waals surface area contributed by atoms with Gasteiger partial charge in [0.05, 0.1) is 11.1 Å². The number of aromatic nitrogens is 1. The molecule has 0 aliphatic rings. The van der Waals surface area contributed by atoms with Crippen molar-refractivity contribution in [3.05, 3.63) is 21.8 Å². The SMILES string of the molecule is FC(F)c1c(OC(F)(F)F)ncc(C(F)(F)F)c1Br. The van der Waals surface area contributed by atoms with Crippen molar-refractivity contribution >= 4 is 15.9 Å². The maximum atomic E-state index is 12.5. The van der Waals surface area contributed by atoms with Crippen LogP contribution in [0.25, 0.3) is 0 Å². The zero-order chi connectivity index (χ0) is 15.0. The normalized spacial score (nSPS) is 12.9. The highest BCUT2D eigenvalue weighted by atomic mass is 79.9.